The van der Waals surface area contributed by atoms with Crippen molar-refractivity contribution in [1.82, 2.24) is 4.90 Å². The van der Waals surface area contributed by atoms with Gasteiger partial charge in [-0.15, -0.1) is 11.8 Å². The van der Waals surface area contributed by atoms with Crippen LogP contribution < -0.4 is 0 Å². The first-order valence-corrected chi connectivity index (χ1v) is 20.8. The molecule has 6 rings (SSSR count). The lowest BCUT2D eigenvalue weighted by molar-refractivity contribution is -0.566. The number of allylic oxidation sites excluding steroid dienone is 6. The van der Waals surface area contributed by atoms with Crippen LogP contribution in [0, 0.1) is 28.6 Å². The topological polar surface area (TPSA) is 6.25 Å². The summed E-state index contributed by atoms with van der Waals surface area (Å²) in [4.78, 5) is 4.71. The molecular formula is C42H69N2S+. The van der Waals surface area contributed by atoms with Crippen LogP contribution in [0.5, 0.6) is 0 Å². The van der Waals surface area contributed by atoms with Crippen molar-refractivity contribution < 1.29 is 4.58 Å². The molecule has 0 N–H and O–H groups in total. The van der Waals surface area contributed by atoms with Gasteiger partial charge in [-0.3, -0.25) is 0 Å². The van der Waals surface area contributed by atoms with E-state index in [4.69, 9.17) is 0 Å². The average molecular weight is 634 g/mol. The molecule has 6 aliphatic rings. The van der Waals surface area contributed by atoms with Gasteiger partial charge in [0, 0.05) is 53.8 Å². The minimum atomic E-state index is 0.292. The minimum absolute atomic E-state index is 0.292. The predicted molar refractivity (Wildman–Crippen MR) is 197 cm³/mol. The van der Waals surface area contributed by atoms with E-state index in [1.807, 2.05) is 0 Å². The molecule has 3 saturated carbocycles. The summed E-state index contributed by atoms with van der Waals surface area (Å²) < 4.78 is 2.88. The van der Waals surface area contributed by atoms with Gasteiger partial charge in [0.2, 0.25) is 0 Å². The Bertz CT molecular complexity index is 1150. The maximum atomic E-state index is 2.91. The molecule has 0 aromatic carbocycles. The maximum absolute atomic E-state index is 2.91. The highest BCUT2D eigenvalue weighted by molar-refractivity contribution is 8.03. The number of likely N-dealkylation sites (tertiary alicyclic amines) is 1. The lowest BCUT2D eigenvalue weighted by atomic mass is 9.69. The van der Waals surface area contributed by atoms with Gasteiger partial charge in [-0.05, 0) is 107 Å². The first-order chi connectivity index (χ1) is 21.8. The highest BCUT2D eigenvalue weighted by Crippen LogP contribution is 2.54. The lowest BCUT2D eigenvalue weighted by Gasteiger charge is -2.34. The SMILES string of the molecule is CCCN1/C(=C/CC2CCCC(/C=C/C3=[N+](CCC)C4CCCCC4C3(C)C)=C2SC2CCCCC2)C(C)(C)C2CCCCC21. The van der Waals surface area contributed by atoms with Gasteiger partial charge >= 0.3 is 0 Å². The molecule has 4 aliphatic carbocycles. The number of hydrogen-bond acceptors (Lipinski definition) is 2. The fourth-order valence-corrected chi connectivity index (χ4v) is 12.9. The van der Waals surface area contributed by atoms with Crippen molar-refractivity contribution in [2.24, 2.45) is 28.6 Å². The fourth-order valence-electron chi connectivity index (χ4n) is 11.3. The summed E-state index contributed by atoms with van der Waals surface area (Å²) in [6, 6.07) is 1.56. The van der Waals surface area contributed by atoms with Crippen molar-refractivity contribution in [1.29, 1.82) is 0 Å². The van der Waals surface area contributed by atoms with E-state index in [1.165, 1.54) is 135 Å². The zero-order valence-electron chi connectivity index (χ0n) is 30.3. The van der Waals surface area contributed by atoms with Crippen LogP contribution in [0.2, 0.25) is 0 Å². The van der Waals surface area contributed by atoms with Crippen LogP contribution in [0.4, 0.5) is 0 Å². The van der Waals surface area contributed by atoms with E-state index in [2.05, 4.69) is 81.0 Å². The quantitative estimate of drug-likeness (QED) is 0.221. The van der Waals surface area contributed by atoms with Crippen molar-refractivity contribution in [3.8, 4) is 0 Å². The second-order valence-corrected chi connectivity index (χ2v) is 18.5. The summed E-state index contributed by atoms with van der Waals surface area (Å²) >= 11 is 2.35. The smallest absolute Gasteiger partial charge is 0.182 e. The van der Waals surface area contributed by atoms with Gasteiger partial charge in [0.1, 0.15) is 6.54 Å². The molecule has 2 heterocycles. The van der Waals surface area contributed by atoms with Crippen molar-refractivity contribution in [3.63, 3.8) is 0 Å². The molecule has 5 atom stereocenters. The molecule has 0 spiro atoms. The van der Waals surface area contributed by atoms with Gasteiger partial charge in [-0.2, -0.15) is 0 Å². The van der Waals surface area contributed by atoms with E-state index in [0.717, 1.165) is 29.2 Å². The van der Waals surface area contributed by atoms with Gasteiger partial charge in [0.05, 0.1) is 5.41 Å². The van der Waals surface area contributed by atoms with E-state index < -0.39 is 0 Å². The molecule has 1 saturated heterocycles. The molecule has 0 amide bonds. The van der Waals surface area contributed by atoms with Crippen LogP contribution in [0.3, 0.4) is 0 Å². The maximum Gasteiger partial charge on any atom is 0.182 e. The summed E-state index contributed by atoms with van der Waals surface area (Å²) in [5.41, 5.74) is 5.69. The predicted octanol–water partition coefficient (Wildman–Crippen LogP) is 11.7. The van der Waals surface area contributed by atoms with E-state index in [-0.39, 0.29) is 0 Å². The zero-order chi connectivity index (χ0) is 31.6. The van der Waals surface area contributed by atoms with Crippen LogP contribution in [0.25, 0.3) is 0 Å². The van der Waals surface area contributed by atoms with E-state index >= 15 is 0 Å². The minimum Gasteiger partial charge on any atom is -0.371 e. The number of nitrogens with zero attached hydrogens (tertiary/aromatic N) is 2. The Morgan fingerprint density at radius 1 is 0.756 bits per heavy atom. The summed E-state index contributed by atoms with van der Waals surface area (Å²) in [6.45, 7) is 17.6. The molecule has 3 heteroatoms. The van der Waals surface area contributed by atoms with Crippen molar-refractivity contribution in [3.05, 3.63) is 34.4 Å². The third-order valence-electron chi connectivity index (χ3n) is 13.6. The Kier molecular flexibility index (Phi) is 11.0. The average Bonchev–Trinajstić information content (AvgIpc) is 3.39. The van der Waals surface area contributed by atoms with Gasteiger partial charge in [-0.25, -0.2) is 4.58 Å². The highest BCUT2D eigenvalue weighted by atomic mass is 32.2. The molecule has 4 fully saturated rings. The summed E-state index contributed by atoms with van der Waals surface area (Å²) in [6.07, 6.45) is 34.5. The van der Waals surface area contributed by atoms with Crippen molar-refractivity contribution in [2.45, 2.75) is 181 Å². The summed E-state index contributed by atoms with van der Waals surface area (Å²) in [5.74, 6) is 2.38. The van der Waals surface area contributed by atoms with Crippen LogP contribution >= 0.6 is 11.8 Å². The Hall–Kier alpha value is -0.960. The van der Waals surface area contributed by atoms with Crippen LogP contribution in [0.1, 0.15) is 164 Å². The molecule has 2 aliphatic heterocycles. The Morgan fingerprint density at radius 2 is 1.47 bits per heavy atom. The highest BCUT2D eigenvalue weighted by Gasteiger charge is 2.54. The number of fused-ring (bicyclic) bond motifs is 2. The number of hydrogen-bond donors (Lipinski definition) is 0. The van der Waals surface area contributed by atoms with Crippen molar-refractivity contribution >= 4 is 17.5 Å². The van der Waals surface area contributed by atoms with Crippen LogP contribution in [-0.4, -0.2) is 45.6 Å². The van der Waals surface area contributed by atoms with Gasteiger partial charge < -0.3 is 4.90 Å². The molecule has 2 nitrogen and oxygen atoms in total. The van der Waals surface area contributed by atoms with Gasteiger partial charge in [-0.1, -0.05) is 78.4 Å². The Morgan fingerprint density at radius 3 is 2.22 bits per heavy atom. The molecule has 252 valence electrons. The normalized spacial score (nSPS) is 34.7. The number of thioether (sulfide) groups is 1. The first-order valence-electron chi connectivity index (χ1n) is 20.0. The lowest BCUT2D eigenvalue weighted by Crippen LogP contribution is -2.35. The Balaban J connectivity index is 1.32. The third-order valence-corrected chi connectivity index (χ3v) is 15.2. The standard InChI is InChI=1S/C42H69N2S/c1-7-29-43-36-23-14-12-21-34(36)41(3,4)38(43)27-25-31-17-16-18-32(40(31)45-33-19-10-9-11-20-33)26-28-39-42(5,6)35-22-13-15-24-37(35)44(39)30-8-2/h25,27-28,32-37H,7-24,26,29-30H2,1-6H3/q+1/b27-25+,39-28+. The molecule has 45 heavy (non-hydrogen) atoms. The largest absolute Gasteiger partial charge is 0.371 e. The third kappa shape index (κ3) is 6.83. The second-order valence-electron chi connectivity index (χ2n) is 17.1. The van der Waals surface area contributed by atoms with Gasteiger partial charge in [0.15, 0.2) is 11.8 Å². The summed E-state index contributed by atoms with van der Waals surface area (Å²) in [5, 5.41) is 0.836. The van der Waals surface area contributed by atoms with E-state index in [1.54, 1.807) is 21.9 Å². The van der Waals surface area contributed by atoms with Gasteiger partial charge in [0.25, 0.3) is 0 Å². The van der Waals surface area contributed by atoms with E-state index in [0.29, 0.717) is 16.7 Å². The molecule has 0 aromatic rings. The molecule has 5 unspecified atom stereocenters. The summed E-state index contributed by atoms with van der Waals surface area (Å²) in [7, 11) is 0. The van der Waals surface area contributed by atoms with Crippen molar-refractivity contribution in [2.75, 3.05) is 13.1 Å². The van der Waals surface area contributed by atoms with Crippen LogP contribution in [0.15, 0.2) is 34.4 Å². The molecule has 0 aromatic heterocycles. The Labute approximate surface area is 283 Å². The monoisotopic (exact) mass is 634 g/mol. The molecule has 0 bridgehead atoms. The second kappa shape index (κ2) is 14.7. The molecule has 0 radical (unpaired) electrons. The zero-order valence-corrected chi connectivity index (χ0v) is 31.2. The van der Waals surface area contributed by atoms with E-state index in [9.17, 15) is 0 Å². The molecular weight excluding hydrogens is 565 g/mol. The number of rotatable bonds is 10. The first kappa shape index (κ1) is 33.9. The van der Waals surface area contributed by atoms with Crippen LogP contribution in [-0.2, 0) is 0 Å². The fraction of sp³-hybridized carbons (Fsp3) is 0.833.